The molecule has 0 bridgehead atoms. The second-order valence-electron chi connectivity index (χ2n) is 5.64. The number of pyridine rings is 1. The van der Waals surface area contributed by atoms with Gasteiger partial charge in [0.1, 0.15) is 11.6 Å². The van der Waals surface area contributed by atoms with Gasteiger partial charge in [0.2, 0.25) is 0 Å². The molecule has 6 nitrogen and oxygen atoms in total. The van der Waals surface area contributed by atoms with Gasteiger partial charge in [-0.3, -0.25) is 4.79 Å². The topological polar surface area (TPSA) is 63.7 Å². The van der Waals surface area contributed by atoms with Crippen LogP contribution in [0.1, 0.15) is 5.56 Å². The van der Waals surface area contributed by atoms with Crippen molar-refractivity contribution in [2.45, 2.75) is 6.54 Å². The molecule has 1 saturated heterocycles. The Morgan fingerprint density at radius 2 is 1.96 bits per heavy atom. The Labute approximate surface area is 155 Å². The highest BCUT2D eigenvalue weighted by atomic mass is 79.9. The predicted octanol–water partition coefficient (Wildman–Crippen LogP) is 2.38. The molecule has 0 aliphatic carbocycles. The van der Waals surface area contributed by atoms with Crippen LogP contribution >= 0.6 is 15.9 Å². The Hall–Kier alpha value is -2.12. The number of aromatic nitrogens is 1. The minimum Gasteiger partial charge on any atom is -0.484 e. The maximum atomic E-state index is 11.9. The lowest BCUT2D eigenvalue weighted by Crippen LogP contribution is -2.36. The van der Waals surface area contributed by atoms with Gasteiger partial charge < -0.3 is 19.7 Å². The number of amides is 1. The molecule has 2 aromatic rings. The summed E-state index contributed by atoms with van der Waals surface area (Å²) in [6, 6.07) is 11.3. The number of carbonyl (C=O) groups excluding carboxylic acids is 1. The summed E-state index contributed by atoms with van der Waals surface area (Å²) in [5, 5.41) is 2.83. The van der Waals surface area contributed by atoms with Gasteiger partial charge in [-0.05, 0) is 35.9 Å². The van der Waals surface area contributed by atoms with Crippen molar-refractivity contribution in [1.82, 2.24) is 10.3 Å². The molecule has 7 heteroatoms. The van der Waals surface area contributed by atoms with Crippen molar-refractivity contribution in [1.29, 1.82) is 0 Å². The van der Waals surface area contributed by atoms with Crippen LogP contribution in [0.15, 0.2) is 47.1 Å². The third-order valence-corrected chi connectivity index (χ3v) is 4.35. The molecule has 1 aromatic carbocycles. The first-order valence-electron chi connectivity index (χ1n) is 8.13. The maximum absolute atomic E-state index is 11.9. The summed E-state index contributed by atoms with van der Waals surface area (Å²) in [5.41, 5.74) is 0.953. The molecule has 132 valence electrons. The van der Waals surface area contributed by atoms with Crippen LogP contribution in [0.5, 0.6) is 5.75 Å². The molecule has 0 unspecified atom stereocenters. The van der Waals surface area contributed by atoms with Gasteiger partial charge in [0.25, 0.3) is 5.91 Å². The second kappa shape index (κ2) is 8.82. The van der Waals surface area contributed by atoms with Crippen molar-refractivity contribution in [2.75, 3.05) is 37.8 Å². The first-order valence-corrected chi connectivity index (χ1v) is 8.93. The standard InChI is InChI=1S/C18H20BrN3O3/c19-15-2-4-16(5-3-15)25-13-18(23)21-12-14-1-6-17(20-11-14)22-7-9-24-10-8-22/h1-6,11H,7-10,12-13H2,(H,21,23). The number of halogens is 1. The van der Waals surface area contributed by atoms with E-state index in [1.165, 1.54) is 0 Å². The van der Waals surface area contributed by atoms with Crippen molar-refractivity contribution in [2.24, 2.45) is 0 Å². The van der Waals surface area contributed by atoms with Crippen molar-refractivity contribution in [3.05, 3.63) is 52.6 Å². The first-order chi connectivity index (χ1) is 12.2. The van der Waals surface area contributed by atoms with E-state index in [0.29, 0.717) is 12.3 Å². The number of hydrogen-bond donors (Lipinski definition) is 1. The summed E-state index contributed by atoms with van der Waals surface area (Å²) in [5.74, 6) is 1.44. The number of benzene rings is 1. The van der Waals surface area contributed by atoms with E-state index < -0.39 is 0 Å². The Balaban J connectivity index is 1.43. The van der Waals surface area contributed by atoms with Crippen LogP contribution in [0, 0.1) is 0 Å². The van der Waals surface area contributed by atoms with Gasteiger partial charge >= 0.3 is 0 Å². The normalized spacial score (nSPS) is 14.2. The molecule has 0 atom stereocenters. The lowest BCUT2D eigenvalue weighted by atomic mass is 10.2. The van der Waals surface area contributed by atoms with E-state index in [1.807, 2.05) is 36.4 Å². The molecule has 1 aromatic heterocycles. The quantitative estimate of drug-likeness (QED) is 0.798. The largest absolute Gasteiger partial charge is 0.484 e. The average Bonchev–Trinajstić information content (AvgIpc) is 2.67. The van der Waals surface area contributed by atoms with Gasteiger partial charge in [-0.1, -0.05) is 22.0 Å². The molecule has 0 saturated carbocycles. The number of carbonyl (C=O) groups is 1. The third kappa shape index (κ3) is 5.44. The molecule has 1 N–H and O–H groups in total. The van der Waals surface area contributed by atoms with E-state index in [4.69, 9.17) is 9.47 Å². The minimum absolute atomic E-state index is 0.0130. The molecule has 25 heavy (non-hydrogen) atoms. The molecule has 0 spiro atoms. The van der Waals surface area contributed by atoms with Crippen LogP contribution < -0.4 is 15.0 Å². The van der Waals surface area contributed by atoms with Gasteiger partial charge in [0.15, 0.2) is 6.61 Å². The minimum atomic E-state index is -0.167. The number of ether oxygens (including phenoxy) is 2. The van der Waals surface area contributed by atoms with Gasteiger partial charge in [-0.15, -0.1) is 0 Å². The fraction of sp³-hybridized carbons (Fsp3) is 0.333. The molecule has 1 aliphatic rings. The molecule has 2 heterocycles. The predicted molar refractivity (Wildman–Crippen MR) is 98.8 cm³/mol. The van der Waals surface area contributed by atoms with E-state index in [2.05, 4.69) is 31.1 Å². The number of anilines is 1. The monoisotopic (exact) mass is 405 g/mol. The number of rotatable bonds is 6. The second-order valence-corrected chi connectivity index (χ2v) is 6.56. The molecule has 3 rings (SSSR count). The summed E-state index contributed by atoms with van der Waals surface area (Å²) in [4.78, 5) is 18.5. The van der Waals surface area contributed by atoms with Crippen LogP contribution in [-0.2, 0) is 16.1 Å². The lowest BCUT2D eigenvalue weighted by Gasteiger charge is -2.27. The van der Waals surface area contributed by atoms with Crippen LogP contribution in [0.25, 0.3) is 0 Å². The average molecular weight is 406 g/mol. The summed E-state index contributed by atoms with van der Waals surface area (Å²) >= 11 is 3.36. The van der Waals surface area contributed by atoms with Crippen LogP contribution in [0.4, 0.5) is 5.82 Å². The van der Waals surface area contributed by atoms with Crippen molar-refractivity contribution in [3.63, 3.8) is 0 Å². The fourth-order valence-corrected chi connectivity index (χ4v) is 2.70. The summed E-state index contributed by atoms with van der Waals surface area (Å²) in [6.45, 7) is 3.60. The highest BCUT2D eigenvalue weighted by Gasteiger charge is 2.12. The van der Waals surface area contributed by atoms with Gasteiger partial charge in [0.05, 0.1) is 13.2 Å². The zero-order valence-corrected chi connectivity index (χ0v) is 15.4. The first kappa shape index (κ1) is 17.7. The molecular weight excluding hydrogens is 386 g/mol. The molecular formula is C18H20BrN3O3. The molecule has 1 aliphatic heterocycles. The SMILES string of the molecule is O=C(COc1ccc(Br)cc1)NCc1ccc(N2CCOCC2)nc1. The van der Waals surface area contributed by atoms with E-state index in [-0.39, 0.29) is 12.5 Å². The number of hydrogen-bond acceptors (Lipinski definition) is 5. The number of nitrogens with one attached hydrogen (secondary N) is 1. The van der Waals surface area contributed by atoms with E-state index in [1.54, 1.807) is 6.20 Å². The third-order valence-electron chi connectivity index (χ3n) is 3.82. The Morgan fingerprint density at radius 3 is 2.64 bits per heavy atom. The Morgan fingerprint density at radius 1 is 1.20 bits per heavy atom. The van der Waals surface area contributed by atoms with Crippen LogP contribution in [0.2, 0.25) is 0 Å². The van der Waals surface area contributed by atoms with Crippen molar-refractivity contribution >= 4 is 27.7 Å². The van der Waals surface area contributed by atoms with Gasteiger partial charge in [0, 0.05) is 30.3 Å². The number of morpholine rings is 1. The van der Waals surface area contributed by atoms with Crippen LogP contribution in [0.3, 0.4) is 0 Å². The molecule has 1 amide bonds. The Kier molecular flexibility index (Phi) is 6.25. The van der Waals surface area contributed by atoms with E-state index >= 15 is 0 Å². The molecule has 0 radical (unpaired) electrons. The summed E-state index contributed by atoms with van der Waals surface area (Å²) in [7, 11) is 0. The molecule has 1 fully saturated rings. The van der Waals surface area contributed by atoms with Gasteiger partial charge in [-0.2, -0.15) is 0 Å². The zero-order chi connectivity index (χ0) is 17.5. The highest BCUT2D eigenvalue weighted by Crippen LogP contribution is 2.16. The Bertz CT molecular complexity index is 686. The fourth-order valence-electron chi connectivity index (χ4n) is 2.43. The summed E-state index contributed by atoms with van der Waals surface area (Å²) < 4.78 is 11.8. The van der Waals surface area contributed by atoms with Gasteiger partial charge in [-0.25, -0.2) is 4.98 Å². The van der Waals surface area contributed by atoms with Crippen molar-refractivity contribution in [3.8, 4) is 5.75 Å². The zero-order valence-electron chi connectivity index (χ0n) is 13.8. The number of nitrogens with zero attached hydrogens (tertiary/aromatic N) is 2. The smallest absolute Gasteiger partial charge is 0.258 e. The highest BCUT2D eigenvalue weighted by molar-refractivity contribution is 9.10. The maximum Gasteiger partial charge on any atom is 0.258 e. The van der Waals surface area contributed by atoms with Crippen LogP contribution in [-0.4, -0.2) is 43.8 Å². The van der Waals surface area contributed by atoms with Crippen molar-refractivity contribution < 1.29 is 14.3 Å². The lowest BCUT2D eigenvalue weighted by molar-refractivity contribution is -0.123. The summed E-state index contributed by atoms with van der Waals surface area (Å²) in [6.07, 6.45) is 1.79. The van der Waals surface area contributed by atoms with E-state index in [9.17, 15) is 4.79 Å². The van der Waals surface area contributed by atoms with E-state index in [0.717, 1.165) is 42.2 Å².